The van der Waals surface area contributed by atoms with Crippen LogP contribution in [0.15, 0.2) is 59.5 Å². The van der Waals surface area contributed by atoms with Crippen molar-refractivity contribution in [1.29, 1.82) is 0 Å². The molecule has 0 fully saturated rings. The summed E-state index contributed by atoms with van der Waals surface area (Å²) in [7, 11) is 0.338. The Bertz CT molecular complexity index is 1420. The molecule has 2 aliphatic heterocycles. The fourth-order valence-corrected chi connectivity index (χ4v) is 6.06. The van der Waals surface area contributed by atoms with Gasteiger partial charge in [0.25, 0.3) is 0 Å². The molecule has 2 heterocycles. The van der Waals surface area contributed by atoms with E-state index in [4.69, 9.17) is 18.4 Å². The Balaban J connectivity index is 1.55. The maximum Gasteiger partial charge on any atom is 0.341 e. The maximum atomic E-state index is 13.0. The second-order valence-corrected chi connectivity index (χ2v) is 10.3. The standard InChI is InChI=1S/C27H27NO7S/c1-32-24-10-9-17-13-23-20-15-21(27(29)34-3)25(33-2)14-18(20)11-12-28(23)16-22(17)26(24)35-36(30,31)19-7-5-4-6-8-19/h4-10,14-15,23H,11-13,16H2,1-3H3. The van der Waals surface area contributed by atoms with Crippen LogP contribution < -0.4 is 13.7 Å². The molecule has 9 heteroatoms. The summed E-state index contributed by atoms with van der Waals surface area (Å²) in [5, 5.41) is 0. The van der Waals surface area contributed by atoms with Crippen LogP contribution in [0, 0.1) is 0 Å². The van der Waals surface area contributed by atoms with E-state index in [2.05, 4.69) is 4.90 Å². The summed E-state index contributed by atoms with van der Waals surface area (Å²) in [6.07, 6.45) is 1.39. The fraction of sp³-hybridized carbons (Fsp3) is 0.296. The Morgan fingerprint density at radius 3 is 2.39 bits per heavy atom. The smallest absolute Gasteiger partial charge is 0.341 e. The molecule has 0 amide bonds. The van der Waals surface area contributed by atoms with Crippen molar-refractivity contribution in [2.45, 2.75) is 30.3 Å². The van der Waals surface area contributed by atoms with Gasteiger partial charge in [-0.25, -0.2) is 4.79 Å². The predicted molar refractivity (Wildman–Crippen MR) is 132 cm³/mol. The Kier molecular flexibility index (Phi) is 6.36. The van der Waals surface area contributed by atoms with Crippen LogP contribution in [0.4, 0.5) is 0 Å². The summed E-state index contributed by atoms with van der Waals surface area (Å²) in [6.45, 7) is 1.25. The van der Waals surface area contributed by atoms with Crippen LogP contribution in [-0.4, -0.2) is 47.2 Å². The summed E-state index contributed by atoms with van der Waals surface area (Å²) in [6, 6.07) is 15.6. The maximum absolute atomic E-state index is 13.0. The largest absolute Gasteiger partial charge is 0.496 e. The highest BCUT2D eigenvalue weighted by Gasteiger charge is 2.36. The van der Waals surface area contributed by atoms with Gasteiger partial charge in [-0.3, -0.25) is 4.90 Å². The van der Waals surface area contributed by atoms with Crippen LogP contribution in [0.25, 0.3) is 0 Å². The lowest BCUT2D eigenvalue weighted by atomic mass is 9.83. The Morgan fingerprint density at radius 1 is 0.944 bits per heavy atom. The molecule has 8 nitrogen and oxygen atoms in total. The van der Waals surface area contributed by atoms with Crippen LogP contribution >= 0.6 is 0 Å². The SMILES string of the molecule is COC(=O)c1cc2c(cc1OC)CCN1Cc3c(ccc(OC)c3OS(=O)(=O)c3ccccc3)CC21. The molecule has 2 aliphatic rings. The zero-order valence-electron chi connectivity index (χ0n) is 20.3. The van der Waals surface area contributed by atoms with E-state index in [1.54, 1.807) is 31.4 Å². The van der Waals surface area contributed by atoms with Gasteiger partial charge in [0.15, 0.2) is 11.5 Å². The molecule has 0 N–H and O–H groups in total. The van der Waals surface area contributed by atoms with Gasteiger partial charge in [-0.15, -0.1) is 0 Å². The van der Waals surface area contributed by atoms with Crippen LogP contribution in [0.1, 0.15) is 38.7 Å². The number of benzene rings is 3. The van der Waals surface area contributed by atoms with Gasteiger partial charge in [-0.05, 0) is 59.9 Å². The fourth-order valence-electron chi connectivity index (χ4n) is 5.07. The molecule has 0 aromatic heterocycles. The lowest BCUT2D eigenvalue weighted by Gasteiger charge is -2.42. The number of esters is 1. The number of methoxy groups -OCH3 is 3. The molecule has 5 rings (SSSR count). The lowest BCUT2D eigenvalue weighted by molar-refractivity contribution is 0.0596. The molecule has 0 bridgehead atoms. The lowest BCUT2D eigenvalue weighted by Crippen LogP contribution is -2.39. The first-order valence-corrected chi connectivity index (χ1v) is 13.0. The van der Waals surface area contributed by atoms with Crippen LogP contribution in [0.5, 0.6) is 17.2 Å². The molecular weight excluding hydrogens is 482 g/mol. The summed E-state index contributed by atoms with van der Waals surface area (Å²) in [5.74, 6) is 0.626. The van der Waals surface area contributed by atoms with E-state index in [-0.39, 0.29) is 16.7 Å². The highest BCUT2D eigenvalue weighted by atomic mass is 32.2. The first kappa shape index (κ1) is 24.1. The normalized spacial score (nSPS) is 16.8. The van der Waals surface area contributed by atoms with Crippen molar-refractivity contribution in [2.75, 3.05) is 27.9 Å². The zero-order chi connectivity index (χ0) is 25.4. The first-order chi connectivity index (χ1) is 17.4. The Hall–Kier alpha value is -3.56. The Morgan fingerprint density at radius 2 is 1.69 bits per heavy atom. The van der Waals surface area contributed by atoms with Crippen molar-refractivity contribution in [3.05, 3.63) is 82.4 Å². The first-order valence-electron chi connectivity index (χ1n) is 11.6. The highest BCUT2D eigenvalue weighted by molar-refractivity contribution is 7.87. The minimum absolute atomic E-state index is 0.0162. The third kappa shape index (κ3) is 4.18. The second-order valence-electron chi connectivity index (χ2n) is 8.77. The number of carbonyl (C=O) groups excluding carboxylic acids is 1. The van der Waals surface area contributed by atoms with Gasteiger partial charge in [0.2, 0.25) is 0 Å². The molecule has 0 spiro atoms. The quantitative estimate of drug-likeness (QED) is 0.365. The summed E-state index contributed by atoms with van der Waals surface area (Å²) in [5.41, 5.74) is 4.32. The number of hydrogen-bond acceptors (Lipinski definition) is 8. The average molecular weight is 510 g/mol. The van der Waals surface area contributed by atoms with Crippen LogP contribution in [0.2, 0.25) is 0 Å². The zero-order valence-corrected chi connectivity index (χ0v) is 21.1. The van der Waals surface area contributed by atoms with Gasteiger partial charge in [-0.1, -0.05) is 24.3 Å². The van der Waals surface area contributed by atoms with Crippen molar-refractivity contribution in [1.82, 2.24) is 4.90 Å². The third-order valence-electron chi connectivity index (χ3n) is 6.88. The predicted octanol–water partition coefficient (Wildman–Crippen LogP) is 3.91. The average Bonchev–Trinajstić information content (AvgIpc) is 2.91. The Labute approximate surface area is 210 Å². The van der Waals surface area contributed by atoms with Gasteiger partial charge in [-0.2, -0.15) is 8.42 Å². The number of carbonyl (C=O) groups is 1. The summed E-state index contributed by atoms with van der Waals surface area (Å²) in [4.78, 5) is 14.8. The number of ether oxygens (including phenoxy) is 3. The molecule has 3 aromatic rings. The summed E-state index contributed by atoms with van der Waals surface area (Å²) >= 11 is 0. The molecule has 1 unspecified atom stereocenters. The molecular formula is C27H27NO7S. The monoisotopic (exact) mass is 509 g/mol. The molecule has 36 heavy (non-hydrogen) atoms. The van der Waals surface area contributed by atoms with Crippen molar-refractivity contribution in [3.63, 3.8) is 0 Å². The van der Waals surface area contributed by atoms with Crippen LogP contribution in [0.3, 0.4) is 0 Å². The van der Waals surface area contributed by atoms with Crippen LogP contribution in [-0.2, 0) is 34.2 Å². The van der Waals surface area contributed by atoms with Crippen molar-refractivity contribution < 1.29 is 31.6 Å². The van der Waals surface area contributed by atoms with E-state index in [0.717, 1.165) is 35.2 Å². The minimum atomic E-state index is -4.05. The molecule has 0 aliphatic carbocycles. The molecule has 0 saturated carbocycles. The minimum Gasteiger partial charge on any atom is -0.496 e. The van der Waals surface area contributed by atoms with E-state index in [9.17, 15) is 13.2 Å². The van der Waals surface area contributed by atoms with E-state index < -0.39 is 16.1 Å². The molecule has 3 aromatic carbocycles. The van der Waals surface area contributed by atoms with Gasteiger partial charge in [0.05, 0.1) is 21.3 Å². The number of fused-ring (bicyclic) bond motifs is 4. The molecule has 188 valence electrons. The van der Waals surface area contributed by atoms with Gasteiger partial charge >= 0.3 is 16.1 Å². The van der Waals surface area contributed by atoms with E-state index in [1.807, 2.05) is 18.2 Å². The number of rotatable bonds is 6. The van der Waals surface area contributed by atoms with Crippen molar-refractivity contribution in [2.24, 2.45) is 0 Å². The van der Waals surface area contributed by atoms with E-state index >= 15 is 0 Å². The second kappa shape index (κ2) is 9.48. The highest BCUT2D eigenvalue weighted by Crippen LogP contribution is 2.45. The molecule has 0 radical (unpaired) electrons. The van der Waals surface area contributed by atoms with Crippen molar-refractivity contribution in [3.8, 4) is 17.2 Å². The topological polar surface area (TPSA) is 91.4 Å². The van der Waals surface area contributed by atoms with E-state index in [1.165, 1.54) is 26.4 Å². The van der Waals surface area contributed by atoms with Crippen molar-refractivity contribution >= 4 is 16.1 Å². The van der Waals surface area contributed by atoms with Gasteiger partial charge in [0, 0.05) is 24.7 Å². The van der Waals surface area contributed by atoms with Gasteiger partial charge in [0.1, 0.15) is 16.2 Å². The van der Waals surface area contributed by atoms with E-state index in [0.29, 0.717) is 30.0 Å². The van der Waals surface area contributed by atoms with Gasteiger partial charge < -0.3 is 18.4 Å². The number of hydrogen-bond donors (Lipinski definition) is 0. The molecule has 0 saturated heterocycles. The molecule has 1 atom stereocenters. The third-order valence-corrected chi connectivity index (χ3v) is 8.11. The summed E-state index contributed by atoms with van der Waals surface area (Å²) < 4.78 is 47.7. The number of nitrogens with zero attached hydrogens (tertiary/aromatic N) is 1.